The van der Waals surface area contributed by atoms with Crippen LogP contribution in [0.4, 0.5) is 34.1 Å². The van der Waals surface area contributed by atoms with Crippen LogP contribution in [0, 0.1) is 0 Å². The summed E-state index contributed by atoms with van der Waals surface area (Å²) in [5.74, 6) is -1.70. The Morgan fingerprint density at radius 1 is 0.433 bits per heavy atom. The van der Waals surface area contributed by atoms with Crippen molar-refractivity contribution in [2.45, 2.75) is 86.0 Å². The Labute approximate surface area is 397 Å². The number of carbonyl (C=O) groups excluding carboxylic acids is 3. The van der Waals surface area contributed by atoms with Crippen molar-refractivity contribution in [3.05, 3.63) is 190 Å². The maximum absolute atomic E-state index is 12.7. The molecule has 67 heavy (non-hydrogen) atoms. The first-order valence-corrected chi connectivity index (χ1v) is 23.6. The molecule has 0 bridgehead atoms. The number of esters is 3. The van der Waals surface area contributed by atoms with Crippen molar-refractivity contribution in [1.29, 1.82) is 0 Å². The molecule has 0 N–H and O–H groups in total. The minimum atomic E-state index is -0.728. The van der Waals surface area contributed by atoms with Gasteiger partial charge in [0.05, 0.1) is 20.3 Å². The molecule has 0 amide bonds. The molecule has 8 heteroatoms. The molecular weight excluding hydrogens is 833 g/mol. The number of benzene rings is 6. The molecule has 6 aromatic rings. The van der Waals surface area contributed by atoms with Crippen molar-refractivity contribution in [3.8, 4) is 0 Å². The Bertz CT molecular complexity index is 2550. The largest absolute Gasteiger partial charge is 0.469 e. The highest BCUT2D eigenvalue weighted by Gasteiger charge is 2.21. The first-order valence-electron chi connectivity index (χ1n) is 23.6. The summed E-state index contributed by atoms with van der Waals surface area (Å²) >= 11 is 0. The van der Waals surface area contributed by atoms with Crippen LogP contribution in [0.25, 0.3) is 12.2 Å². The van der Waals surface area contributed by atoms with Crippen LogP contribution in [0.3, 0.4) is 0 Å². The predicted octanol–water partition coefficient (Wildman–Crippen LogP) is 14.2. The van der Waals surface area contributed by atoms with Gasteiger partial charge in [0, 0.05) is 40.5 Å². The van der Waals surface area contributed by atoms with Gasteiger partial charge in [-0.15, -0.1) is 0 Å². The lowest BCUT2D eigenvalue weighted by molar-refractivity contribution is -0.146. The van der Waals surface area contributed by atoms with Crippen LogP contribution in [-0.2, 0) is 54.3 Å². The van der Waals surface area contributed by atoms with Crippen LogP contribution in [0.1, 0.15) is 93.7 Å². The molecule has 6 aromatic carbocycles. The van der Waals surface area contributed by atoms with Gasteiger partial charge in [0.25, 0.3) is 0 Å². The molecular formula is C59H64N2O6. The fourth-order valence-corrected chi connectivity index (χ4v) is 7.98. The van der Waals surface area contributed by atoms with Crippen LogP contribution < -0.4 is 9.80 Å². The van der Waals surface area contributed by atoms with Gasteiger partial charge in [-0.3, -0.25) is 4.79 Å². The van der Waals surface area contributed by atoms with E-state index in [2.05, 4.69) is 134 Å². The van der Waals surface area contributed by atoms with Gasteiger partial charge in [0.1, 0.15) is 5.57 Å². The summed E-state index contributed by atoms with van der Waals surface area (Å²) < 4.78 is 15.1. The molecule has 0 saturated carbocycles. The van der Waals surface area contributed by atoms with Gasteiger partial charge in [0.15, 0.2) is 0 Å². The fraction of sp³-hybridized carbons (Fsp3) is 0.271. The summed E-state index contributed by atoms with van der Waals surface area (Å²) in [5, 5.41) is 0. The summed E-state index contributed by atoms with van der Waals surface area (Å²) in [4.78, 5) is 41.7. The average molecular weight is 897 g/mol. The molecule has 0 radical (unpaired) electrons. The Balaban J connectivity index is 1.22. The maximum Gasteiger partial charge on any atom is 0.345 e. The summed E-state index contributed by atoms with van der Waals surface area (Å²) in [5.41, 5.74) is 14.1. The van der Waals surface area contributed by atoms with Crippen LogP contribution >= 0.6 is 0 Å². The smallest absolute Gasteiger partial charge is 0.345 e. The minimum absolute atomic E-state index is 0.137. The second kappa shape index (κ2) is 24.9. The summed E-state index contributed by atoms with van der Waals surface area (Å²) in [6, 6.07) is 51.2. The number of hydrogen-bond acceptors (Lipinski definition) is 8. The first kappa shape index (κ1) is 49.2. The number of carbonyl (C=O) groups is 3. The van der Waals surface area contributed by atoms with Crippen molar-refractivity contribution < 1.29 is 28.6 Å². The molecule has 0 atom stereocenters. The molecule has 0 aliphatic carbocycles. The third-order valence-corrected chi connectivity index (χ3v) is 11.7. The van der Waals surface area contributed by atoms with Gasteiger partial charge in [-0.05, 0) is 165 Å². The third kappa shape index (κ3) is 13.7. The fourth-order valence-electron chi connectivity index (χ4n) is 7.98. The number of hydrogen-bond donors (Lipinski definition) is 0. The molecule has 0 aromatic heterocycles. The number of nitrogens with zero attached hydrogens (tertiary/aromatic N) is 2. The van der Waals surface area contributed by atoms with Crippen LogP contribution in [0.2, 0.25) is 0 Å². The van der Waals surface area contributed by atoms with Crippen LogP contribution in [-0.4, -0.2) is 38.2 Å². The average Bonchev–Trinajstić information content (AvgIpc) is 3.36. The maximum atomic E-state index is 12.7. The highest BCUT2D eigenvalue weighted by Crippen LogP contribution is 2.37. The lowest BCUT2D eigenvalue weighted by Gasteiger charge is -2.26. The number of anilines is 6. The van der Waals surface area contributed by atoms with E-state index in [9.17, 15) is 14.4 Å². The van der Waals surface area contributed by atoms with Gasteiger partial charge in [-0.25, -0.2) is 9.59 Å². The highest BCUT2D eigenvalue weighted by molar-refractivity contribution is 6.17. The minimum Gasteiger partial charge on any atom is -0.469 e. The SMILES string of the molecule is CCCc1ccc(N(c2ccc(C=C(CC)CC)cc2)c2ccc(CCc3ccc(N(c4ccc(C=C(C(=O)OCC)C(=O)OCC)cc4)c4ccc(CCC(=O)OC)cc4)cc3)cc2)cc1. The number of methoxy groups -OCH3 is 1. The molecule has 0 aliphatic rings. The van der Waals surface area contributed by atoms with Crippen molar-refractivity contribution in [2.24, 2.45) is 0 Å². The highest BCUT2D eigenvalue weighted by atomic mass is 16.6. The normalized spacial score (nSPS) is 10.7. The third-order valence-electron chi connectivity index (χ3n) is 11.7. The lowest BCUT2D eigenvalue weighted by Crippen LogP contribution is -2.18. The summed E-state index contributed by atoms with van der Waals surface area (Å²) in [6.45, 7) is 10.3. The first-order chi connectivity index (χ1) is 32.7. The second-order valence-electron chi connectivity index (χ2n) is 16.4. The molecule has 0 fully saturated rings. The van der Waals surface area contributed by atoms with Gasteiger partial charge >= 0.3 is 17.9 Å². The predicted molar refractivity (Wildman–Crippen MR) is 274 cm³/mol. The molecule has 8 nitrogen and oxygen atoms in total. The number of rotatable bonds is 22. The molecule has 0 heterocycles. The van der Waals surface area contributed by atoms with Gasteiger partial charge in [-0.1, -0.05) is 112 Å². The van der Waals surface area contributed by atoms with Crippen molar-refractivity contribution in [3.63, 3.8) is 0 Å². The molecule has 346 valence electrons. The second-order valence-corrected chi connectivity index (χ2v) is 16.4. The quantitative estimate of drug-likeness (QED) is 0.0219. The molecule has 0 spiro atoms. The van der Waals surface area contributed by atoms with E-state index >= 15 is 0 Å². The van der Waals surface area contributed by atoms with Crippen molar-refractivity contribution in [2.75, 3.05) is 30.1 Å². The lowest BCUT2D eigenvalue weighted by atomic mass is 10.0. The van der Waals surface area contributed by atoms with E-state index < -0.39 is 11.9 Å². The zero-order chi connectivity index (χ0) is 47.5. The van der Waals surface area contributed by atoms with E-state index in [1.165, 1.54) is 41.0 Å². The molecule has 0 saturated heterocycles. The Kier molecular flexibility index (Phi) is 18.3. The van der Waals surface area contributed by atoms with E-state index in [-0.39, 0.29) is 24.8 Å². The topological polar surface area (TPSA) is 85.4 Å². The van der Waals surface area contributed by atoms with E-state index in [4.69, 9.17) is 14.2 Å². The van der Waals surface area contributed by atoms with Crippen molar-refractivity contribution >= 4 is 64.2 Å². The van der Waals surface area contributed by atoms with E-state index in [1.807, 2.05) is 48.5 Å². The Morgan fingerprint density at radius 3 is 1.09 bits per heavy atom. The van der Waals surface area contributed by atoms with Crippen LogP contribution in [0.15, 0.2) is 157 Å². The van der Waals surface area contributed by atoms with Crippen LogP contribution in [0.5, 0.6) is 0 Å². The van der Waals surface area contributed by atoms with Gasteiger partial charge in [0.2, 0.25) is 0 Å². The number of aryl methyl sites for hydroxylation is 4. The molecule has 0 aliphatic heterocycles. The Hall–Kier alpha value is -7.19. The summed E-state index contributed by atoms with van der Waals surface area (Å²) in [7, 11) is 1.40. The van der Waals surface area contributed by atoms with Crippen molar-refractivity contribution in [1.82, 2.24) is 0 Å². The molecule has 6 rings (SSSR count). The summed E-state index contributed by atoms with van der Waals surface area (Å²) in [6.07, 6.45) is 10.7. The standard InChI is InChI=1S/C59H64N2O6/c1-7-12-44-15-28-50(29-16-44)60(54-36-23-48(24-37-54)41-43(8-2)9-3)51-30-17-45(18-31-51)13-14-46-19-32-52(33-20-46)61(53-34-21-47(22-35-53)27-40-57(62)65-6)55-38-25-49(26-39-55)42-56(58(63)66-10-4)59(64)67-11-5/h15-26,28-39,41-42H,7-14,27,40H2,1-6H3. The molecule has 0 unspecified atom stereocenters. The van der Waals surface area contributed by atoms with Gasteiger partial charge < -0.3 is 24.0 Å². The zero-order valence-corrected chi connectivity index (χ0v) is 39.9. The monoisotopic (exact) mass is 896 g/mol. The van der Waals surface area contributed by atoms with E-state index in [0.717, 1.165) is 78.2 Å². The van der Waals surface area contributed by atoms with Gasteiger partial charge in [-0.2, -0.15) is 0 Å². The Morgan fingerprint density at radius 2 is 0.761 bits per heavy atom. The van der Waals surface area contributed by atoms with E-state index in [1.54, 1.807) is 13.8 Å². The zero-order valence-electron chi connectivity index (χ0n) is 39.9. The number of ether oxygens (including phenoxy) is 3. The van der Waals surface area contributed by atoms with E-state index in [0.29, 0.717) is 18.4 Å². The number of allylic oxidation sites excluding steroid dienone is 1.